The molecule has 0 unspecified atom stereocenters. The van der Waals surface area contributed by atoms with E-state index in [9.17, 15) is 17.6 Å². The maximum atomic E-state index is 14.2. The summed E-state index contributed by atoms with van der Waals surface area (Å²) < 4.78 is 41.0. The van der Waals surface area contributed by atoms with Crippen molar-refractivity contribution in [2.24, 2.45) is 0 Å². The number of aryl methyl sites for hydroxylation is 1. The van der Waals surface area contributed by atoms with Crippen molar-refractivity contribution in [2.45, 2.75) is 31.1 Å². The van der Waals surface area contributed by atoms with E-state index >= 15 is 0 Å². The van der Waals surface area contributed by atoms with E-state index in [1.54, 1.807) is 12.1 Å². The van der Waals surface area contributed by atoms with Gasteiger partial charge < -0.3 is 5.32 Å². The van der Waals surface area contributed by atoms with Gasteiger partial charge in [-0.1, -0.05) is 18.6 Å². The summed E-state index contributed by atoms with van der Waals surface area (Å²) in [6.45, 7) is 2.65. The average molecular weight is 376 g/mol. The number of hydrogen-bond acceptors (Lipinski definition) is 3. The number of halogens is 1. The van der Waals surface area contributed by atoms with Crippen LogP contribution in [0.1, 0.15) is 35.2 Å². The minimum Gasteiger partial charge on any atom is -0.322 e. The molecule has 1 aliphatic rings. The highest BCUT2D eigenvalue weighted by molar-refractivity contribution is 7.89. The number of amides is 1. The number of hydrogen-bond donors (Lipinski definition) is 1. The number of anilines is 1. The molecule has 3 rings (SSSR count). The van der Waals surface area contributed by atoms with Crippen LogP contribution in [0.4, 0.5) is 10.1 Å². The second-order valence-electron chi connectivity index (χ2n) is 6.43. The normalized spacial score (nSPS) is 15.6. The summed E-state index contributed by atoms with van der Waals surface area (Å²) in [6.07, 6.45) is 2.48. The third-order valence-corrected chi connectivity index (χ3v) is 6.32. The van der Waals surface area contributed by atoms with Crippen LogP contribution in [-0.4, -0.2) is 31.7 Å². The fourth-order valence-corrected chi connectivity index (χ4v) is 4.62. The van der Waals surface area contributed by atoms with Crippen LogP contribution >= 0.6 is 0 Å². The zero-order valence-electron chi connectivity index (χ0n) is 14.5. The highest BCUT2D eigenvalue weighted by Gasteiger charge is 2.29. The van der Waals surface area contributed by atoms with Crippen molar-refractivity contribution in [1.82, 2.24) is 4.31 Å². The predicted octanol–water partition coefficient (Wildman–Crippen LogP) is 3.56. The zero-order valence-corrected chi connectivity index (χ0v) is 15.4. The first-order valence-corrected chi connectivity index (χ1v) is 10.00. The molecular formula is C19H21FN2O3S. The molecule has 0 radical (unpaired) electrons. The smallest absolute Gasteiger partial charge is 0.255 e. The Kier molecular flexibility index (Phi) is 5.38. The number of sulfonamides is 1. The van der Waals surface area contributed by atoms with Crippen molar-refractivity contribution in [1.29, 1.82) is 0 Å². The lowest BCUT2D eigenvalue weighted by Crippen LogP contribution is -2.36. The standard InChI is InChI=1S/C19H21FN2O3S/c1-14-6-5-7-16(12-14)21-19(23)15-8-9-17(20)18(13-15)26(24,25)22-10-3-2-4-11-22/h5-9,12-13H,2-4,10-11H2,1H3,(H,21,23). The van der Waals surface area contributed by atoms with E-state index in [0.717, 1.165) is 37.0 Å². The number of piperidine rings is 1. The number of carbonyl (C=O) groups excluding carboxylic acids is 1. The van der Waals surface area contributed by atoms with Gasteiger partial charge in [0.15, 0.2) is 0 Å². The van der Waals surface area contributed by atoms with Crippen LogP contribution < -0.4 is 5.32 Å². The summed E-state index contributed by atoms with van der Waals surface area (Å²) in [7, 11) is -3.95. The van der Waals surface area contributed by atoms with Gasteiger partial charge >= 0.3 is 0 Å². The molecule has 0 atom stereocenters. The molecule has 1 heterocycles. The lowest BCUT2D eigenvalue weighted by molar-refractivity contribution is 0.102. The van der Waals surface area contributed by atoms with Crippen LogP contribution in [0.15, 0.2) is 47.4 Å². The molecule has 1 aliphatic heterocycles. The Hall–Kier alpha value is -2.25. The molecule has 0 aliphatic carbocycles. The number of rotatable bonds is 4. The fraction of sp³-hybridized carbons (Fsp3) is 0.316. The summed E-state index contributed by atoms with van der Waals surface area (Å²) in [4.78, 5) is 12.0. The van der Waals surface area contributed by atoms with E-state index in [2.05, 4.69) is 5.32 Å². The molecule has 7 heteroatoms. The molecule has 0 bridgehead atoms. The summed E-state index contributed by atoms with van der Waals surface area (Å²) in [5, 5.41) is 2.71. The van der Waals surface area contributed by atoms with E-state index < -0.39 is 26.6 Å². The topological polar surface area (TPSA) is 66.5 Å². The van der Waals surface area contributed by atoms with Gasteiger partial charge in [0.05, 0.1) is 0 Å². The monoisotopic (exact) mass is 376 g/mol. The Morgan fingerprint density at radius 3 is 2.50 bits per heavy atom. The SMILES string of the molecule is Cc1cccc(NC(=O)c2ccc(F)c(S(=O)(=O)N3CCCCC3)c2)c1. The Labute approximate surface area is 152 Å². The average Bonchev–Trinajstić information content (AvgIpc) is 2.62. The highest BCUT2D eigenvalue weighted by atomic mass is 32.2. The molecule has 0 aromatic heterocycles. The highest BCUT2D eigenvalue weighted by Crippen LogP contribution is 2.24. The number of nitrogens with zero attached hydrogens (tertiary/aromatic N) is 1. The minimum absolute atomic E-state index is 0.100. The van der Waals surface area contributed by atoms with Gasteiger partial charge in [-0.25, -0.2) is 12.8 Å². The number of nitrogens with one attached hydrogen (secondary N) is 1. The van der Waals surface area contributed by atoms with Crippen LogP contribution in [-0.2, 0) is 10.0 Å². The second-order valence-corrected chi connectivity index (χ2v) is 8.34. The third-order valence-electron chi connectivity index (χ3n) is 4.40. The van der Waals surface area contributed by atoms with Gasteiger partial charge in [-0.05, 0) is 55.7 Å². The van der Waals surface area contributed by atoms with E-state index in [4.69, 9.17) is 0 Å². The van der Waals surface area contributed by atoms with Crippen molar-refractivity contribution in [3.63, 3.8) is 0 Å². The molecule has 1 fully saturated rings. The molecule has 26 heavy (non-hydrogen) atoms. The molecular weight excluding hydrogens is 355 g/mol. The third kappa shape index (κ3) is 3.94. The maximum absolute atomic E-state index is 14.2. The number of carbonyl (C=O) groups is 1. The summed E-state index contributed by atoms with van der Waals surface area (Å²) in [5.41, 5.74) is 1.68. The van der Waals surface area contributed by atoms with E-state index in [-0.39, 0.29) is 5.56 Å². The molecule has 1 saturated heterocycles. The van der Waals surface area contributed by atoms with Gasteiger partial charge in [0.25, 0.3) is 5.91 Å². The predicted molar refractivity (Wildman–Crippen MR) is 98.1 cm³/mol. The van der Waals surface area contributed by atoms with Crippen LogP contribution in [0.3, 0.4) is 0 Å². The van der Waals surface area contributed by atoms with Crippen molar-refractivity contribution < 1.29 is 17.6 Å². The van der Waals surface area contributed by atoms with Crippen molar-refractivity contribution >= 4 is 21.6 Å². The van der Waals surface area contributed by atoms with Crippen LogP contribution in [0.5, 0.6) is 0 Å². The van der Waals surface area contributed by atoms with Crippen molar-refractivity contribution in [3.8, 4) is 0 Å². The Morgan fingerprint density at radius 1 is 1.08 bits per heavy atom. The van der Waals surface area contributed by atoms with Crippen molar-refractivity contribution in [2.75, 3.05) is 18.4 Å². The lowest BCUT2D eigenvalue weighted by atomic mass is 10.2. The maximum Gasteiger partial charge on any atom is 0.255 e. The molecule has 5 nitrogen and oxygen atoms in total. The Morgan fingerprint density at radius 2 is 1.81 bits per heavy atom. The second kappa shape index (κ2) is 7.55. The Balaban J connectivity index is 1.88. The number of benzene rings is 2. The molecule has 1 amide bonds. The molecule has 138 valence electrons. The largest absolute Gasteiger partial charge is 0.322 e. The first kappa shape index (κ1) is 18.5. The fourth-order valence-electron chi connectivity index (χ4n) is 3.01. The van der Waals surface area contributed by atoms with E-state index in [0.29, 0.717) is 18.8 Å². The molecule has 1 N–H and O–H groups in total. The van der Waals surface area contributed by atoms with Gasteiger partial charge in [-0.15, -0.1) is 0 Å². The molecule has 0 saturated carbocycles. The summed E-state index contributed by atoms with van der Waals surface area (Å²) in [5.74, 6) is -1.33. The zero-order chi connectivity index (χ0) is 18.7. The van der Waals surface area contributed by atoms with Gasteiger partial charge in [0, 0.05) is 24.3 Å². The van der Waals surface area contributed by atoms with E-state index in [1.807, 2.05) is 19.1 Å². The van der Waals surface area contributed by atoms with Gasteiger partial charge in [0.1, 0.15) is 10.7 Å². The van der Waals surface area contributed by atoms with Crippen LogP contribution in [0.2, 0.25) is 0 Å². The minimum atomic E-state index is -3.95. The lowest BCUT2D eigenvalue weighted by Gasteiger charge is -2.26. The van der Waals surface area contributed by atoms with Crippen LogP contribution in [0, 0.1) is 12.7 Å². The first-order chi connectivity index (χ1) is 12.4. The Bertz CT molecular complexity index is 922. The van der Waals surface area contributed by atoms with E-state index in [1.165, 1.54) is 10.4 Å². The molecule has 2 aromatic carbocycles. The van der Waals surface area contributed by atoms with Crippen molar-refractivity contribution in [3.05, 3.63) is 59.4 Å². The molecule has 0 spiro atoms. The van der Waals surface area contributed by atoms with Gasteiger partial charge in [-0.2, -0.15) is 4.31 Å². The first-order valence-electron chi connectivity index (χ1n) is 8.55. The molecule has 2 aromatic rings. The van der Waals surface area contributed by atoms with Gasteiger partial charge in [0.2, 0.25) is 10.0 Å². The van der Waals surface area contributed by atoms with Crippen LogP contribution in [0.25, 0.3) is 0 Å². The summed E-state index contributed by atoms with van der Waals surface area (Å²) >= 11 is 0. The summed E-state index contributed by atoms with van der Waals surface area (Å²) in [6, 6.07) is 10.7. The quantitative estimate of drug-likeness (QED) is 0.887. The van der Waals surface area contributed by atoms with Gasteiger partial charge in [-0.3, -0.25) is 4.79 Å².